The molecular formula is C24H25FN2O2S. The number of benzene rings is 2. The SMILES string of the molecule is C[C@H]1CCC[C@H](C)N1C(=O)CN1C(=O)/C(=C/c2ccccc2F)Sc2ccccc21. The Morgan fingerprint density at radius 3 is 2.50 bits per heavy atom. The molecule has 0 aromatic heterocycles. The van der Waals surface area contributed by atoms with E-state index in [4.69, 9.17) is 0 Å². The van der Waals surface area contributed by atoms with Crippen LogP contribution in [-0.4, -0.2) is 35.3 Å². The highest BCUT2D eigenvalue weighted by Gasteiger charge is 2.35. The van der Waals surface area contributed by atoms with Crippen molar-refractivity contribution < 1.29 is 14.0 Å². The number of amides is 2. The van der Waals surface area contributed by atoms with Gasteiger partial charge >= 0.3 is 0 Å². The summed E-state index contributed by atoms with van der Waals surface area (Å²) in [6, 6.07) is 14.2. The first-order valence-corrected chi connectivity index (χ1v) is 11.1. The summed E-state index contributed by atoms with van der Waals surface area (Å²) in [5.74, 6) is -0.696. The van der Waals surface area contributed by atoms with Crippen LogP contribution in [0.1, 0.15) is 38.7 Å². The summed E-state index contributed by atoms with van der Waals surface area (Å²) < 4.78 is 14.2. The van der Waals surface area contributed by atoms with Crippen molar-refractivity contribution >= 4 is 35.3 Å². The lowest BCUT2D eigenvalue weighted by molar-refractivity contribution is -0.136. The first-order chi connectivity index (χ1) is 14.5. The Morgan fingerprint density at radius 1 is 1.10 bits per heavy atom. The lowest BCUT2D eigenvalue weighted by Gasteiger charge is -2.40. The predicted molar refractivity (Wildman–Crippen MR) is 119 cm³/mol. The molecule has 2 amide bonds. The lowest BCUT2D eigenvalue weighted by atomic mass is 9.97. The number of piperidine rings is 1. The van der Waals surface area contributed by atoms with Crippen molar-refractivity contribution in [3.8, 4) is 0 Å². The van der Waals surface area contributed by atoms with E-state index in [0.717, 1.165) is 29.8 Å². The summed E-state index contributed by atoms with van der Waals surface area (Å²) in [6.07, 6.45) is 4.65. The van der Waals surface area contributed by atoms with Crippen LogP contribution in [0.4, 0.5) is 10.1 Å². The maximum absolute atomic E-state index is 14.2. The smallest absolute Gasteiger partial charge is 0.265 e. The molecule has 0 saturated carbocycles. The second kappa shape index (κ2) is 8.64. The molecule has 30 heavy (non-hydrogen) atoms. The minimum absolute atomic E-state index is 0.0142. The molecule has 156 valence electrons. The highest BCUT2D eigenvalue weighted by molar-refractivity contribution is 8.04. The zero-order chi connectivity index (χ0) is 21.3. The van der Waals surface area contributed by atoms with Gasteiger partial charge in [0, 0.05) is 22.5 Å². The number of nitrogens with zero attached hydrogens (tertiary/aromatic N) is 2. The first-order valence-electron chi connectivity index (χ1n) is 10.3. The zero-order valence-electron chi connectivity index (χ0n) is 17.2. The molecule has 0 unspecified atom stereocenters. The molecule has 4 rings (SSSR count). The van der Waals surface area contributed by atoms with Gasteiger partial charge in [0.15, 0.2) is 0 Å². The van der Waals surface area contributed by atoms with Crippen molar-refractivity contribution in [2.24, 2.45) is 0 Å². The molecule has 1 saturated heterocycles. The van der Waals surface area contributed by atoms with Gasteiger partial charge in [-0.05, 0) is 57.4 Å². The molecule has 2 aliphatic rings. The summed E-state index contributed by atoms with van der Waals surface area (Å²) in [7, 11) is 0. The summed E-state index contributed by atoms with van der Waals surface area (Å²) in [5, 5.41) is 0. The topological polar surface area (TPSA) is 40.6 Å². The van der Waals surface area contributed by atoms with E-state index in [1.165, 1.54) is 22.7 Å². The summed E-state index contributed by atoms with van der Waals surface area (Å²) in [5.41, 5.74) is 1.08. The predicted octanol–water partition coefficient (Wildman–Crippen LogP) is 5.10. The molecule has 6 heteroatoms. The molecule has 2 heterocycles. The average Bonchev–Trinajstić information content (AvgIpc) is 2.72. The third-order valence-electron chi connectivity index (χ3n) is 5.80. The Kier molecular flexibility index (Phi) is 5.95. The summed E-state index contributed by atoms with van der Waals surface area (Å²) >= 11 is 1.31. The van der Waals surface area contributed by atoms with Crippen molar-refractivity contribution in [3.05, 3.63) is 64.8 Å². The van der Waals surface area contributed by atoms with Crippen LogP contribution in [0.2, 0.25) is 0 Å². The molecule has 0 spiro atoms. The fourth-order valence-corrected chi connectivity index (χ4v) is 5.33. The molecule has 2 atom stereocenters. The van der Waals surface area contributed by atoms with Crippen LogP contribution < -0.4 is 4.90 Å². The van der Waals surface area contributed by atoms with Gasteiger partial charge in [0.05, 0.1) is 10.6 Å². The number of anilines is 1. The standard InChI is InChI=1S/C24H25FN2O2S/c1-16-8-7-9-17(2)27(16)23(28)15-26-20-12-5-6-13-21(20)30-22(24(26)29)14-18-10-3-4-11-19(18)25/h3-6,10-14,16-17H,7-9,15H2,1-2H3/b22-14-/t16-,17-/m0/s1. The number of hydrogen-bond acceptors (Lipinski definition) is 3. The van der Waals surface area contributed by atoms with Crippen LogP contribution >= 0.6 is 11.8 Å². The zero-order valence-corrected chi connectivity index (χ0v) is 18.0. The summed E-state index contributed by atoms with van der Waals surface area (Å²) in [4.78, 5) is 31.3. The molecule has 2 aromatic rings. The highest BCUT2D eigenvalue weighted by atomic mass is 32.2. The minimum atomic E-state index is -0.379. The molecule has 0 aliphatic carbocycles. The molecular weight excluding hydrogens is 399 g/mol. The first kappa shape index (κ1) is 20.7. The van der Waals surface area contributed by atoms with Crippen molar-refractivity contribution in [2.75, 3.05) is 11.4 Å². The van der Waals surface area contributed by atoms with Crippen LogP contribution in [0.15, 0.2) is 58.3 Å². The number of rotatable bonds is 3. The number of halogens is 1. The Labute approximate surface area is 180 Å². The average molecular weight is 425 g/mol. The van der Waals surface area contributed by atoms with Crippen LogP contribution in [0.5, 0.6) is 0 Å². The van der Waals surface area contributed by atoms with Crippen LogP contribution in [0, 0.1) is 5.82 Å². The Bertz CT molecular complexity index is 996. The Balaban J connectivity index is 1.67. The van der Waals surface area contributed by atoms with Gasteiger partial charge in [-0.15, -0.1) is 0 Å². The quantitative estimate of drug-likeness (QED) is 0.644. The fourth-order valence-electron chi connectivity index (χ4n) is 4.28. The number of fused-ring (bicyclic) bond motifs is 1. The van der Waals surface area contributed by atoms with Gasteiger partial charge in [-0.2, -0.15) is 0 Å². The molecule has 0 N–H and O–H groups in total. The molecule has 2 aliphatic heterocycles. The number of likely N-dealkylation sites (tertiary alicyclic amines) is 1. The van der Waals surface area contributed by atoms with Crippen molar-refractivity contribution in [1.29, 1.82) is 0 Å². The number of thioether (sulfide) groups is 1. The van der Waals surface area contributed by atoms with E-state index < -0.39 is 0 Å². The molecule has 0 radical (unpaired) electrons. The van der Waals surface area contributed by atoms with Crippen LogP contribution in [0.25, 0.3) is 6.08 Å². The third-order valence-corrected chi connectivity index (χ3v) is 6.88. The van der Waals surface area contributed by atoms with Gasteiger partial charge in [0.1, 0.15) is 12.4 Å². The van der Waals surface area contributed by atoms with E-state index >= 15 is 0 Å². The monoisotopic (exact) mass is 424 g/mol. The Hall–Kier alpha value is -2.60. The van der Waals surface area contributed by atoms with Crippen molar-refractivity contribution in [2.45, 2.75) is 50.1 Å². The van der Waals surface area contributed by atoms with Gasteiger partial charge < -0.3 is 4.90 Å². The molecule has 2 aromatic carbocycles. The number of para-hydroxylation sites is 1. The fraction of sp³-hybridized carbons (Fsp3) is 0.333. The largest absolute Gasteiger partial charge is 0.336 e. The van der Waals surface area contributed by atoms with Gasteiger partial charge in [0.25, 0.3) is 5.91 Å². The molecule has 0 bridgehead atoms. The number of carbonyl (C=O) groups is 2. The van der Waals surface area contributed by atoms with E-state index in [2.05, 4.69) is 13.8 Å². The van der Waals surface area contributed by atoms with E-state index in [1.807, 2.05) is 29.2 Å². The van der Waals surface area contributed by atoms with Gasteiger partial charge in [-0.25, -0.2) is 4.39 Å². The normalized spacial score (nSPS) is 22.9. The van der Waals surface area contributed by atoms with Gasteiger partial charge in [-0.3, -0.25) is 14.5 Å². The van der Waals surface area contributed by atoms with Gasteiger partial charge in [-0.1, -0.05) is 42.1 Å². The Morgan fingerprint density at radius 2 is 1.77 bits per heavy atom. The van der Waals surface area contributed by atoms with Gasteiger partial charge in [0.2, 0.25) is 5.91 Å². The van der Waals surface area contributed by atoms with E-state index in [1.54, 1.807) is 24.3 Å². The second-order valence-electron chi connectivity index (χ2n) is 7.92. The summed E-state index contributed by atoms with van der Waals surface area (Å²) in [6.45, 7) is 4.12. The lowest BCUT2D eigenvalue weighted by Crippen LogP contribution is -2.52. The number of carbonyl (C=O) groups excluding carboxylic acids is 2. The van der Waals surface area contributed by atoms with Crippen LogP contribution in [-0.2, 0) is 9.59 Å². The number of hydrogen-bond donors (Lipinski definition) is 0. The minimum Gasteiger partial charge on any atom is -0.336 e. The van der Waals surface area contributed by atoms with Crippen LogP contribution in [0.3, 0.4) is 0 Å². The van der Waals surface area contributed by atoms with Crippen molar-refractivity contribution in [1.82, 2.24) is 4.90 Å². The highest BCUT2D eigenvalue weighted by Crippen LogP contribution is 2.42. The van der Waals surface area contributed by atoms with E-state index in [9.17, 15) is 14.0 Å². The van der Waals surface area contributed by atoms with Crippen molar-refractivity contribution in [3.63, 3.8) is 0 Å². The maximum atomic E-state index is 14.2. The van der Waals surface area contributed by atoms with E-state index in [0.29, 0.717) is 10.5 Å². The maximum Gasteiger partial charge on any atom is 0.265 e. The van der Waals surface area contributed by atoms with E-state index in [-0.39, 0.29) is 36.3 Å². The molecule has 4 nitrogen and oxygen atoms in total. The third kappa shape index (κ3) is 4.01. The molecule has 1 fully saturated rings. The second-order valence-corrected chi connectivity index (χ2v) is 9.00.